The number of hydrogen-bond donors (Lipinski definition) is 0. The van der Waals surface area contributed by atoms with Crippen LogP contribution >= 0.6 is 0 Å². The van der Waals surface area contributed by atoms with E-state index in [4.69, 9.17) is 0 Å². The van der Waals surface area contributed by atoms with Crippen LogP contribution in [-0.4, -0.2) is 36.8 Å². The number of sulfone groups is 1. The number of aryl methyl sites for hydroxylation is 1. The quantitative estimate of drug-likeness (QED) is 0.841. The second-order valence-electron chi connectivity index (χ2n) is 6.40. The first-order valence-corrected chi connectivity index (χ1v) is 10.00. The molecular formula is C19H20FNO3S. The van der Waals surface area contributed by atoms with Crippen LogP contribution in [0.3, 0.4) is 0 Å². The van der Waals surface area contributed by atoms with Gasteiger partial charge >= 0.3 is 0 Å². The topological polar surface area (TPSA) is 54.5 Å². The molecule has 0 aromatic heterocycles. The lowest BCUT2D eigenvalue weighted by molar-refractivity contribution is 0.0678. The molecule has 1 heterocycles. The Kier molecular flexibility index (Phi) is 4.90. The first-order chi connectivity index (χ1) is 11.9. The molecule has 1 aliphatic heterocycles. The molecule has 2 aromatic rings. The van der Waals surface area contributed by atoms with Gasteiger partial charge in [0.15, 0.2) is 9.84 Å². The summed E-state index contributed by atoms with van der Waals surface area (Å²) in [5, 5.41) is 0. The van der Waals surface area contributed by atoms with Crippen molar-refractivity contribution in [2.24, 2.45) is 0 Å². The van der Waals surface area contributed by atoms with Gasteiger partial charge in [-0.05, 0) is 31.0 Å². The zero-order valence-electron chi connectivity index (χ0n) is 14.0. The third-order valence-corrected chi connectivity index (χ3v) is 6.33. The number of hydrogen-bond acceptors (Lipinski definition) is 3. The number of carbonyl (C=O) groups excluding carboxylic acids is 1. The van der Waals surface area contributed by atoms with Crippen LogP contribution in [0.15, 0.2) is 48.5 Å². The van der Waals surface area contributed by atoms with Crippen LogP contribution in [0.2, 0.25) is 0 Å². The lowest BCUT2D eigenvalue weighted by atomic mass is 10.0. The molecule has 4 nitrogen and oxygen atoms in total. The Morgan fingerprint density at radius 3 is 2.48 bits per heavy atom. The summed E-state index contributed by atoms with van der Waals surface area (Å²) in [6, 6.07) is 13.0. The van der Waals surface area contributed by atoms with Gasteiger partial charge in [0, 0.05) is 23.7 Å². The SMILES string of the molecule is Cc1ccccc1C(=O)N(Cc1ccccc1F)C1CCS(=O)(=O)C1. The van der Waals surface area contributed by atoms with Crippen molar-refractivity contribution >= 4 is 15.7 Å². The molecule has 0 spiro atoms. The summed E-state index contributed by atoms with van der Waals surface area (Å²) in [6.45, 7) is 1.89. The van der Waals surface area contributed by atoms with Crippen LogP contribution in [-0.2, 0) is 16.4 Å². The maximum atomic E-state index is 14.1. The first-order valence-electron chi connectivity index (χ1n) is 8.18. The summed E-state index contributed by atoms with van der Waals surface area (Å²) < 4.78 is 37.8. The summed E-state index contributed by atoms with van der Waals surface area (Å²) in [6.07, 6.45) is 0.383. The summed E-state index contributed by atoms with van der Waals surface area (Å²) in [7, 11) is -3.16. The highest BCUT2D eigenvalue weighted by molar-refractivity contribution is 7.91. The Bertz CT molecular complexity index is 895. The summed E-state index contributed by atoms with van der Waals surface area (Å²) in [4.78, 5) is 14.6. The fraction of sp³-hybridized carbons (Fsp3) is 0.316. The van der Waals surface area contributed by atoms with E-state index in [9.17, 15) is 17.6 Å². The van der Waals surface area contributed by atoms with Gasteiger partial charge in [0.2, 0.25) is 0 Å². The van der Waals surface area contributed by atoms with Crippen molar-refractivity contribution in [3.05, 3.63) is 71.0 Å². The maximum Gasteiger partial charge on any atom is 0.254 e. The van der Waals surface area contributed by atoms with Crippen LogP contribution in [0.25, 0.3) is 0 Å². The van der Waals surface area contributed by atoms with E-state index in [-0.39, 0.29) is 24.0 Å². The molecule has 0 aliphatic carbocycles. The van der Waals surface area contributed by atoms with E-state index in [1.807, 2.05) is 19.1 Å². The van der Waals surface area contributed by atoms with Crippen LogP contribution in [0.5, 0.6) is 0 Å². The van der Waals surface area contributed by atoms with Gasteiger partial charge in [-0.15, -0.1) is 0 Å². The molecule has 6 heteroatoms. The van der Waals surface area contributed by atoms with Gasteiger partial charge < -0.3 is 4.90 Å². The van der Waals surface area contributed by atoms with Crippen LogP contribution in [0, 0.1) is 12.7 Å². The Hall–Kier alpha value is -2.21. The van der Waals surface area contributed by atoms with Crippen molar-refractivity contribution in [1.82, 2.24) is 4.90 Å². The summed E-state index contributed by atoms with van der Waals surface area (Å²) in [5.74, 6) is -0.666. The number of carbonyl (C=O) groups is 1. The molecule has 0 N–H and O–H groups in total. The van der Waals surface area contributed by atoms with Crippen LogP contribution in [0.4, 0.5) is 4.39 Å². The van der Waals surface area contributed by atoms with Crippen molar-refractivity contribution in [2.75, 3.05) is 11.5 Å². The van der Waals surface area contributed by atoms with E-state index in [0.717, 1.165) is 5.56 Å². The van der Waals surface area contributed by atoms with E-state index in [0.29, 0.717) is 17.5 Å². The fourth-order valence-corrected chi connectivity index (χ4v) is 4.90. The average molecular weight is 361 g/mol. The second-order valence-corrected chi connectivity index (χ2v) is 8.62. The normalized spacial score (nSPS) is 18.9. The highest BCUT2D eigenvalue weighted by atomic mass is 32.2. The number of rotatable bonds is 4. The third-order valence-electron chi connectivity index (χ3n) is 4.58. The van der Waals surface area contributed by atoms with Crippen LogP contribution in [0.1, 0.15) is 27.9 Å². The highest BCUT2D eigenvalue weighted by Crippen LogP contribution is 2.24. The van der Waals surface area contributed by atoms with E-state index < -0.39 is 21.7 Å². The highest BCUT2D eigenvalue weighted by Gasteiger charge is 2.35. The second kappa shape index (κ2) is 6.96. The van der Waals surface area contributed by atoms with Crippen molar-refractivity contribution < 1.29 is 17.6 Å². The van der Waals surface area contributed by atoms with Crippen molar-refractivity contribution in [3.63, 3.8) is 0 Å². The fourth-order valence-electron chi connectivity index (χ4n) is 3.17. The standard InChI is InChI=1S/C19H20FNO3S/c1-14-6-2-4-8-17(14)19(22)21(16-10-11-25(23,24)13-16)12-15-7-3-5-9-18(15)20/h2-9,16H,10-13H2,1H3. The molecule has 1 aliphatic rings. The number of nitrogens with zero attached hydrogens (tertiary/aromatic N) is 1. The lowest BCUT2D eigenvalue weighted by Gasteiger charge is -2.29. The molecule has 1 saturated heterocycles. The zero-order chi connectivity index (χ0) is 18.0. The van der Waals surface area contributed by atoms with Gasteiger partial charge in [-0.3, -0.25) is 4.79 Å². The molecule has 0 radical (unpaired) electrons. The molecule has 25 heavy (non-hydrogen) atoms. The maximum absolute atomic E-state index is 14.1. The predicted molar refractivity (Wildman–Crippen MR) is 94.5 cm³/mol. The van der Waals surface area contributed by atoms with Gasteiger partial charge in [0.1, 0.15) is 5.82 Å². The molecular weight excluding hydrogens is 341 g/mol. The van der Waals surface area contributed by atoms with E-state index in [1.165, 1.54) is 11.0 Å². The molecule has 2 aromatic carbocycles. The number of benzene rings is 2. The van der Waals surface area contributed by atoms with Crippen molar-refractivity contribution in [3.8, 4) is 0 Å². The van der Waals surface area contributed by atoms with Gasteiger partial charge in [0.25, 0.3) is 5.91 Å². The van der Waals surface area contributed by atoms with Gasteiger partial charge in [-0.25, -0.2) is 12.8 Å². The van der Waals surface area contributed by atoms with Gasteiger partial charge in [-0.2, -0.15) is 0 Å². The third kappa shape index (κ3) is 3.90. The van der Waals surface area contributed by atoms with Gasteiger partial charge in [-0.1, -0.05) is 36.4 Å². The molecule has 132 valence electrons. The van der Waals surface area contributed by atoms with Gasteiger partial charge in [0.05, 0.1) is 11.5 Å². The molecule has 1 fully saturated rings. The van der Waals surface area contributed by atoms with E-state index >= 15 is 0 Å². The molecule has 3 rings (SSSR count). The minimum atomic E-state index is -3.16. The Morgan fingerprint density at radius 1 is 1.16 bits per heavy atom. The minimum absolute atomic E-state index is 0.0556. The minimum Gasteiger partial charge on any atom is -0.330 e. The molecule has 1 unspecified atom stereocenters. The molecule has 0 bridgehead atoms. The zero-order valence-corrected chi connectivity index (χ0v) is 14.8. The average Bonchev–Trinajstić information content (AvgIpc) is 2.94. The van der Waals surface area contributed by atoms with Crippen molar-refractivity contribution in [2.45, 2.75) is 25.9 Å². The van der Waals surface area contributed by atoms with Crippen molar-refractivity contribution in [1.29, 1.82) is 0 Å². The molecule has 0 saturated carbocycles. The predicted octanol–water partition coefficient (Wildman–Crippen LogP) is 2.96. The van der Waals surface area contributed by atoms with E-state index in [2.05, 4.69) is 0 Å². The van der Waals surface area contributed by atoms with E-state index in [1.54, 1.807) is 30.3 Å². The number of halogens is 1. The first kappa shape index (κ1) is 17.6. The smallest absolute Gasteiger partial charge is 0.254 e. The largest absolute Gasteiger partial charge is 0.330 e. The molecule has 1 atom stereocenters. The summed E-state index contributed by atoms with van der Waals surface area (Å²) in [5.41, 5.74) is 1.71. The Labute approximate surface area is 147 Å². The summed E-state index contributed by atoms with van der Waals surface area (Å²) >= 11 is 0. The van der Waals surface area contributed by atoms with Crippen LogP contribution < -0.4 is 0 Å². The number of amides is 1. The molecule has 1 amide bonds. The Morgan fingerprint density at radius 2 is 1.84 bits per heavy atom. The lowest BCUT2D eigenvalue weighted by Crippen LogP contribution is -2.41. The monoisotopic (exact) mass is 361 g/mol. The Balaban J connectivity index is 1.96.